The van der Waals surface area contributed by atoms with Crippen LogP contribution in [0.5, 0.6) is 0 Å². The first-order valence-electron chi connectivity index (χ1n) is 6.30. The Kier molecular flexibility index (Phi) is 6.01. The zero-order valence-electron chi connectivity index (χ0n) is 12.3. The highest BCUT2D eigenvalue weighted by Crippen LogP contribution is 2.12. The second-order valence-corrected chi connectivity index (χ2v) is 6.30. The number of ketones is 1. The number of nitrogens with two attached hydrogens (primary N) is 1. The van der Waals surface area contributed by atoms with Gasteiger partial charge in [0.25, 0.3) is 0 Å². The summed E-state index contributed by atoms with van der Waals surface area (Å²) in [6, 6.07) is 6.77. The zero-order chi connectivity index (χ0) is 17.6. The lowest BCUT2D eigenvalue weighted by molar-refractivity contribution is -0.123. The summed E-state index contributed by atoms with van der Waals surface area (Å²) in [5, 5.41) is 8.78. The highest BCUT2D eigenvalue weighted by molar-refractivity contribution is 7.89. The third-order valence-corrected chi connectivity index (χ3v) is 4.23. The van der Waals surface area contributed by atoms with E-state index in [0.29, 0.717) is 0 Å². The van der Waals surface area contributed by atoms with E-state index in [1.807, 2.05) is 0 Å². The molecule has 0 amide bonds. The smallest absolute Gasteiger partial charge is 0.338 e. The number of hydrogen-bond donors (Lipinski definition) is 2. The van der Waals surface area contributed by atoms with E-state index in [2.05, 4.69) is 11.3 Å². The lowest BCUT2D eigenvalue weighted by Gasteiger charge is -2.09. The lowest BCUT2D eigenvalue weighted by Crippen LogP contribution is -2.25. The van der Waals surface area contributed by atoms with Crippen LogP contribution in [-0.4, -0.2) is 33.8 Å². The Morgan fingerprint density at radius 1 is 1.48 bits per heavy atom. The van der Waals surface area contributed by atoms with Crippen molar-refractivity contribution in [3.8, 4) is 6.07 Å². The van der Waals surface area contributed by atoms with Crippen molar-refractivity contribution in [3.63, 3.8) is 0 Å². The van der Waals surface area contributed by atoms with Crippen molar-refractivity contribution in [2.75, 3.05) is 13.7 Å². The molecule has 8 nitrogen and oxygen atoms in total. The predicted molar refractivity (Wildman–Crippen MR) is 80.4 cm³/mol. The Hall–Kier alpha value is -2.70. The van der Waals surface area contributed by atoms with Crippen molar-refractivity contribution in [2.45, 2.75) is 4.90 Å². The fraction of sp³-hybridized carbons (Fsp3) is 0.214. The molecule has 0 radical (unpaired) electrons. The van der Waals surface area contributed by atoms with Crippen LogP contribution in [-0.2, 0) is 19.6 Å². The normalized spacial score (nSPS) is 12.0. The molecule has 0 aliphatic rings. The average molecular weight is 337 g/mol. The van der Waals surface area contributed by atoms with E-state index in [4.69, 9.17) is 15.7 Å². The molecule has 1 atom stereocenters. The Morgan fingerprint density at radius 2 is 2.13 bits per heavy atom. The summed E-state index contributed by atoms with van der Waals surface area (Å²) in [4.78, 5) is 23.4. The molecular formula is C14H15N3O5S. The van der Waals surface area contributed by atoms with Crippen molar-refractivity contribution in [1.82, 2.24) is 4.72 Å². The van der Waals surface area contributed by atoms with E-state index in [0.717, 1.165) is 6.07 Å². The molecule has 0 aliphatic carbocycles. The molecule has 0 unspecified atom stereocenters. The first-order valence-corrected chi connectivity index (χ1v) is 7.78. The van der Waals surface area contributed by atoms with Crippen LogP contribution in [0.25, 0.3) is 0 Å². The van der Waals surface area contributed by atoms with Crippen LogP contribution in [0.3, 0.4) is 0 Å². The maximum Gasteiger partial charge on any atom is 0.338 e. The number of nitrogens with one attached hydrogen (secondary N) is 1. The molecule has 0 fully saturated rings. The van der Waals surface area contributed by atoms with Crippen LogP contribution in [0.1, 0.15) is 10.4 Å². The quantitative estimate of drug-likeness (QED) is 0.664. The summed E-state index contributed by atoms with van der Waals surface area (Å²) in [7, 11) is -2.47. The predicted octanol–water partition coefficient (Wildman–Crippen LogP) is -0.0672. The number of Topliss-reactive ketones (excluding diaryl/α,β-unsaturated/α-hetero) is 1. The number of hydrogen-bond acceptors (Lipinski definition) is 7. The number of sulfonamides is 1. The van der Waals surface area contributed by atoms with Crippen LogP contribution in [0.15, 0.2) is 41.4 Å². The first-order chi connectivity index (χ1) is 10.7. The van der Waals surface area contributed by atoms with Gasteiger partial charge in [0.2, 0.25) is 10.0 Å². The van der Waals surface area contributed by atoms with Crippen molar-refractivity contribution >= 4 is 21.8 Å². The second kappa shape index (κ2) is 7.53. The van der Waals surface area contributed by atoms with Gasteiger partial charge in [-0.15, -0.1) is 0 Å². The second-order valence-electron chi connectivity index (χ2n) is 4.41. The molecule has 0 spiro atoms. The van der Waals surface area contributed by atoms with Crippen LogP contribution in [0, 0.1) is 17.2 Å². The molecule has 0 heterocycles. The Morgan fingerprint density at radius 3 is 2.65 bits per heavy atom. The number of ether oxygens (including phenoxy) is 1. The number of carbonyl (C=O) groups is 2. The van der Waals surface area contributed by atoms with Gasteiger partial charge in [-0.25, -0.2) is 17.9 Å². The summed E-state index contributed by atoms with van der Waals surface area (Å²) < 4.78 is 30.2. The largest absolute Gasteiger partial charge is 0.454 e. The van der Waals surface area contributed by atoms with Gasteiger partial charge in [0.15, 0.2) is 12.4 Å². The van der Waals surface area contributed by atoms with E-state index in [1.54, 1.807) is 6.07 Å². The van der Waals surface area contributed by atoms with Crippen LogP contribution in [0.2, 0.25) is 0 Å². The summed E-state index contributed by atoms with van der Waals surface area (Å²) in [5.74, 6) is -2.88. The summed E-state index contributed by atoms with van der Waals surface area (Å²) in [6.45, 7) is 2.63. The highest BCUT2D eigenvalue weighted by Gasteiger charge is 2.22. The Bertz CT molecular complexity index is 780. The number of esters is 1. The van der Waals surface area contributed by atoms with E-state index in [1.165, 1.54) is 25.2 Å². The van der Waals surface area contributed by atoms with Gasteiger partial charge >= 0.3 is 5.97 Å². The van der Waals surface area contributed by atoms with Crippen LogP contribution in [0.4, 0.5) is 0 Å². The molecule has 0 aliphatic heterocycles. The molecule has 122 valence electrons. The molecule has 1 aromatic rings. The van der Waals surface area contributed by atoms with Gasteiger partial charge in [0, 0.05) is 5.70 Å². The van der Waals surface area contributed by atoms with Gasteiger partial charge in [-0.3, -0.25) is 4.79 Å². The van der Waals surface area contributed by atoms with Crippen LogP contribution >= 0.6 is 0 Å². The van der Waals surface area contributed by atoms with E-state index < -0.39 is 34.3 Å². The van der Waals surface area contributed by atoms with E-state index >= 15 is 0 Å². The molecule has 23 heavy (non-hydrogen) atoms. The van der Waals surface area contributed by atoms with Crippen molar-refractivity contribution < 1.29 is 22.7 Å². The molecule has 1 rings (SSSR count). The van der Waals surface area contributed by atoms with Crippen molar-refractivity contribution in [2.24, 2.45) is 11.7 Å². The molecule has 1 aromatic carbocycles. The molecule has 0 saturated carbocycles. The first kappa shape index (κ1) is 18.3. The van der Waals surface area contributed by atoms with Crippen LogP contribution < -0.4 is 10.5 Å². The molecule has 0 saturated heterocycles. The fourth-order valence-corrected chi connectivity index (χ4v) is 2.35. The standard InChI is InChI=1S/C14H15N3O5S/c1-9(16)12(7-15)13(18)8-22-14(19)10-4-3-5-11(6-10)23(20,21)17-2/h3-6,12,17H,1,8,16H2,2H3/t12-/m0/s1. The number of carbonyl (C=O) groups excluding carboxylic acids is 2. The summed E-state index contributed by atoms with van der Waals surface area (Å²) >= 11 is 0. The Balaban J connectivity index is 2.85. The third kappa shape index (κ3) is 4.64. The van der Waals surface area contributed by atoms with Crippen molar-refractivity contribution in [1.29, 1.82) is 5.26 Å². The number of rotatable bonds is 7. The van der Waals surface area contributed by atoms with Crippen molar-refractivity contribution in [3.05, 3.63) is 42.1 Å². The Labute approximate surface area is 133 Å². The monoisotopic (exact) mass is 337 g/mol. The van der Waals surface area contributed by atoms with E-state index in [9.17, 15) is 18.0 Å². The molecule has 0 bridgehead atoms. The molecule has 9 heteroatoms. The SMILES string of the molecule is C=C(N)[C@H](C#N)C(=O)COC(=O)c1cccc(S(=O)(=O)NC)c1. The molecule has 3 N–H and O–H groups in total. The summed E-state index contributed by atoms with van der Waals surface area (Å²) in [6.07, 6.45) is 0. The van der Waals surface area contributed by atoms with E-state index in [-0.39, 0.29) is 16.2 Å². The number of nitrogens with zero attached hydrogens (tertiary/aromatic N) is 1. The lowest BCUT2D eigenvalue weighted by atomic mass is 10.0. The van der Waals surface area contributed by atoms with Gasteiger partial charge in [-0.05, 0) is 25.2 Å². The summed E-state index contributed by atoms with van der Waals surface area (Å²) in [5.41, 5.74) is 5.11. The van der Waals surface area contributed by atoms with Gasteiger partial charge in [0.05, 0.1) is 16.5 Å². The number of benzene rings is 1. The van der Waals surface area contributed by atoms with Gasteiger partial charge in [-0.1, -0.05) is 12.6 Å². The number of nitriles is 1. The fourth-order valence-electron chi connectivity index (χ4n) is 1.57. The van der Waals surface area contributed by atoms with Gasteiger partial charge < -0.3 is 10.5 Å². The topological polar surface area (TPSA) is 139 Å². The average Bonchev–Trinajstić information content (AvgIpc) is 2.53. The number of allylic oxidation sites excluding steroid dienone is 1. The van der Waals surface area contributed by atoms with Gasteiger partial charge in [0.1, 0.15) is 5.92 Å². The minimum Gasteiger partial charge on any atom is -0.454 e. The minimum absolute atomic E-state index is 0.0470. The maximum atomic E-state index is 11.9. The minimum atomic E-state index is -3.71. The maximum absolute atomic E-state index is 11.9. The zero-order valence-corrected chi connectivity index (χ0v) is 13.1. The highest BCUT2D eigenvalue weighted by atomic mass is 32.2. The van der Waals surface area contributed by atoms with Gasteiger partial charge in [-0.2, -0.15) is 5.26 Å². The molecular weight excluding hydrogens is 322 g/mol. The third-order valence-electron chi connectivity index (χ3n) is 2.82. The molecule has 0 aromatic heterocycles.